The second kappa shape index (κ2) is 7.97. The van der Waals surface area contributed by atoms with Gasteiger partial charge in [0, 0.05) is 32.4 Å². The predicted molar refractivity (Wildman–Crippen MR) is 115 cm³/mol. The van der Waals surface area contributed by atoms with Crippen LogP contribution in [0.2, 0.25) is 0 Å². The van der Waals surface area contributed by atoms with Gasteiger partial charge < -0.3 is 15.0 Å². The Morgan fingerprint density at radius 3 is 2.83 bits per heavy atom. The van der Waals surface area contributed by atoms with Crippen molar-refractivity contribution in [3.63, 3.8) is 0 Å². The number of hydrogen-bond acceptors (Lipinski definition) is 4. The maximum absolute atomic E-state index is 13.3. The molecule has 0 unspecified atom stereocenters. The number of amides is 1. The van der Waals surface area contributed by atoms with E-state index in [1.165, 1.54) is 11.1 Å². The molecule has 6 nitrogen and oxygen atoms in total. The summed E-state index contributed by atoms with van der Waals surface area (Å²) >= 11 is 0. The summed E-state index contributed by atoms with van der Waals surface area (Å²) in [5.41, 5.74) is 2.86. The van der Waals surface area contributed by atoms with Crippen molar-refractivity contribution in [2.45, 2.75) is 38.9 Å². The fourth-order valence-corrected chi connectivity index (χ4v) is 4.08. The molecule has 3 aromatic rings. The molecule has 0 saturated carbocycles. The van der Waals surface area contributed by atoms with E-state index in [1.54, 1.807) is 0 Å². The van der Waals surface area contributed by atoms with Crippen molar-refractivity contribution in [2.24, 2.45) is 0 Å². The van der Waals surface area contributed by atoms with Gasteiger partial charge in [-0.25, -0.2) is 4.98 Å². The highest BCUT2D eigenvalue weighted by Gasteiger charge is 2.34. The molecule has 6 heteroatoms. The molecule has 0 aliphatic carbocycles. The van der Waals surface area contributed by atoms with E-state index in [9.17, 15) is 4.79 Å². The number of aryl methyl sites for hydroxylation is 1. The molecule has 1 saturated heterocycles. The molecule has 1 fully saturated rings. The Hall–Kier alpha value is -2.70. The molecule has 3 heterocycles. The van der Waals surface area contributed by atoms with Gasteiger partial charge in [-0.1, -0.05) is 36.4 Å². The van der Waals surface area contributed by atoms with Crippen molar-refractivity contribution in [3.05, 3.63) is 71.8 Å². The summed E-state index contributed by atoms with van der Waals surface area (Å²) in [5, 5.41) is 6.62. The Labute approximate surface area is 171 Å². The minimum atomic E-state index is -0.590. The zero-order valence-corrected chi connectivity index (χ0v) is 17.4. The molecule has 1 aliphatic rings. The average Bonchev–Trinajstić information content (AvgIpc) is 3.15. The maximum atomic E-state index is 13.3. The summed E-state index contributed by atoms with van der Waals surface area (Å²) in [5.74, 6) is 0.866. The van der Waals surface area contributed by atoms with Crippen LogP contribution in [0.3, 0.4) is 0 Å². The molecule has 0 bridgehead atoms. The van der Waals surface area contributed by atoms with Gasteiger partial charge in [0.25, 0.3) is 0 Å². The number of pyridine rings is 1. The molecule has 1 aromatic carbocycles. The van der Waals surface area contributed by atoms with Gasteiger partial charge >= 0.3 is 0 Å². The molecule has 1 atom stereocenters. The summed E-state index contributed by atoms with van der Waals surface area (Å²) in [6.45, 7) is 9.26. The minimum Gasteiger partial charge on any atom is -0.343 e. The summed E-state index contributed by atoms with van der Waals surface area (Å²) in [4.78, 5) is 20.2. The van der Waals surface area contributed by atoms with Crippen LogP contribution in [-0.2, 0) is 16.9 Å². The van der Waals surface area contributed by atoms with Crippen molar-refractivity contribution in [2.75, 3.05) is 19.6 Å². The quantitative estimate of drug-likeness (QED) is 0.701. The number of fused-ring (bicyclic) bond motifs is 1. The van der Waals surface area contributed by atoms with Crippen LogP contribution in [0.15, 0.2) is 54.9 Å². The third kappa shape index (κ3) is 4.04. The molecule has 0 radical (unpaired) electrons. The van der Waals surface area contributed by atoms with Crippen LogP contribution in [-0.4, -0.2) is 45.9 Å². The third-order valence-corrected chi connectivity index (χ3v) is 5.66. The molecule has 4 rings (SSSR count). The number of imidazole rings is 1. The van der Waals surface area contributed by atoms with Gasteiger partial charge in [0.05, 0.1) is 17.3 Å². The molecule has 2 N–H and O–H groups in total. The smallest absolute Gasteiger partial charge is 0.239 e. The Kier molecular flexibility index (Phi) is 5.39. The van der Waals surface area contributed by atoms with Crippen molar-refractivity contribution in [1.82, 2.24) is 24.9 Å². The first-order valence-corrected chi connectivity index (χ1v) is 10.2. The second-order valence-corrected chi connectivity index (χ2v) is 8.32. The first-order chi connectivity index (χ1) is 14.0. The fraction of sp³-hybridized carbons (Fsp3) is 0.391. The van der Waals surface area contributed by atoms with E-state index < -0.39 is 5.54 Å². The normalized spacial score (nSPS) is 18.1. The summed E-state index contributed by atoms with van der Waals surface area (Å²) in [6, 6.07) is 14.2. The first kappa shape index (κ1) is 19.6. The van der Waals surface area contributed by atoms with E-state index in [2.05, 4.69) is 50.0 Å². The number of rotatable bonds is 5. The Morgan fingerprint density at radius 2 is 2.03 bits per heavy atom. The summed E-state index contributed by atoms with van der Waals surface area (Å²) in [7, 11) is 0. The molecule has 29 heavy (non-hydrogen) atoms. The third-order valence-electron chi connectivity index (χ3n) is 5.66. The SMILES string of the molecule is Cc1cccn2c(C(C)(C)NC(=O)[C@@H]3CNCCN3Cc3ccccc3)ncc12. The largest absolute Gasteiger partial charge is 0.343 e. The number of aromatic nitrogens is 2. The van der Waals surface area contributed by atoms with Crippen LogP contribution in [0.4, 0.5) is 0 Å². The van der Waals surface area contributed by atoms with E-state index in [0.717, 1.165) is 31.0 Å². The fourth-order valence-electron chi connectivity index (χ4n) is 4.08. The number of piperazine rings is 1. The lowest BCUT2D eigenvalue weighted by molar-refractivity contribution is -0.129. The lowest BCUT2D eigenvalue weighted by Crippen LogP contribution is -2.59. The molecular formula is C23H29N5O. The van der Waals surface area contributed by atoms with Crippen LogP contribution < -0.4 is 10.6 Å². The highest BCUT2D eigenvalue weighted by atomic mass is 16.2. The van der Waals surface area contributed by atoms with E-state index in [-0.39, 0.29) is 11.9 Å². The summed E-state index contributed by atoms with van der Waals surface area (Å²) < 4.78 is 2.07. The van der Waals surface area contributed by atoms with Crippen LogP contribution >= 0.6 is 0 Å². The van der Waals surface area contributed by atoms with E-state index >= 15 is 0 Å². The first-order valence-electron chi connectivity index (χ1n) is 10.2. The Bertz CT molecular complexity index is 995. The Balaban J connectivity index is 1.53. The van der Waals surface area contributed by atoms with Crippen LogP contribution in [0.1, 0.15) is 30.8 Å². The second-order valence-electron chi connectivity index (χ2n) is 8.32. The molecular weight excluding hydrogens is 362 g/mol. The number of carbonyl (C=O) groups is 1. The zero-order valence-electron chi connectivity index (χ0n) is 17.4. The average molecular weight is 392 g/mol. The minimum absolute atomic E-state index is 0.0301. The zero-order chi connectivity index (χ0) is 20.4. The van der Waals surface area contributed by atoms with E-state index in [0.29, 0.717) is 6.54 Å². The van der Waals surface area contributed by atoms with Crippen molar-refractivity contribution < 1.29 is 4.79 Å². The number of hydrogen-bond donors (Lipinski definition) is 2. The van der Waals surface area contributed by atoms with Crippen LogP contribution in [0, 0.1) is 6.92 Å². The van der Waals surface area contributed by atoms with Crippen molar-refractivity contribution >= 4 is 11.4 Å². The van der Waals surface area contributed by atoms with Gasteiger partial charge in [0.2, 0.25) is 5.91 Å². The number of benzene rings is 1. The van der Waals surface area contributed by atoms with Gasteiger partial charge in [-0.3, -0.25) is 9.69 Å². The van der Waals surface area contributed by atoms with Crippen molar-refractivity contribution in [3.8, 4) is 0 Å². The maximum Gasteiger partial charge on any atom is 0.239 e. The molecule has 0 spiro atoms. The number of nitrogens with one attached hydrogen (secondary N) is 2. The lowest BCUT2D eigenvalue weighted by Gasteiger charge is -2.37. The van der Waals surface area contributed by atoms with E-state index in [1.807, 2.05) is 50.5 Å². The van der Waals surface area contributed by atoms with Gasteiger partial charge in [-0.15, -0.1) is 0 Å². The van der Waals surface area contributed by atoms with Gasteiger partial charge in [-0.2, -0.15) is 0 Å². The standard InChI is InChI=1S/C23H29N5O/c1-17-8-7-12-28-19(17)15-25-22(28)23(2,3)26-21(29)20-14-24-11-13-27(20)16-18-9-5-4-6-10-18/h4-10,12,15,20,24H,11,13-14,16H2,1-3H3,(H,26,29)/t20-/m0/s1. The van der Waals surface area contributed by atoms with Crippen LogP contribution in [0.25, 0.3) is 5.52 Å². The van der Waals surface area contributed by atoms with E-state index in [4.69, 9.17) is 0 Å². The molecule has 1 amide bonds. The number of nitrogens with zero attached hydrogens (tertiary/aromatic N) is 3. The molecule has 152 valence electrons. The highest BCUT2D eigenvalue weighted by molar-refractivity contribution is 5.83. The van der Waals surface area contributed by atoms with Crippen LogP contribution in [0.5, 0.6) is 0 Å². The van der Waals surface area contributed by atoms with Crippen molar-refractivity contribution in [1.29, 1.82) is 0 Å². The topological polar surface area (TPSA) is 61.7 Å². The predicted octanol–water partition coefficient (Wildman–Crippen LogP) is 2.47. The number of carbonyl (C=O) groups excluding carboxylic acids is 1. The Morgan fingerprint density at radius 1 is 1.24 bits per heavy atom. The van der Waals surface area contributed by atoms with Gasteiger partial charge in [-0.05, 0) is 38.0 Å². The molecule has 2 aromatic heterocycles. The summed E-state index contributed by atoms with van der Waals surface area (Å²) in [6.07, 6.45) is 3.88. The monoisotopic (exact) mass is 391 g/mol. The van der Waals surface area contributed by atoms with Gasteiger partial charge in [0.15, 0.2) is 0 Å². The molecule has 1 aliphatic heterocycles. The van der Waals surface area contributed by atoms with Gasteiger partial charge in [0.1, 0.15) is 11.9 Å². The highest BCUT2D eigenvalue weighted by Crippen LogP contribution is 2.23. The lowest BCUT2D eigenvalue weighted by atomic mass is 10.0.